The molecule has 0 amide bonds. The molecule has 0 radical (unpaired) electrons. The zero-order valence-electron chi connectivity index (χ0n) is 10.2. The van der Waals surface area contributed by atoms with Crippen molar-refractivity contribution in [2.75, 3.05) is 5.32 Å². The molecule has 19 heavy (non-hydrogen) atoms. The first-order valence-corrected chi connectivity index (χ1v) is 6.38. The molecular weight excluding hydrogens is 283 g/mol. The zero-order valence-corrected chi connectivity index (χ0v) is 11.8. The van der Waals surface area contributed by atoms with E-state index in [1.54, 1.807) is 24.3 Å². The van der Waals surface area contributed by atoms with Crippen molar-refractivity contribution in [1.82, 2.24) is 0 Å². The molecule has 0 aromatic heterocycles. The summed E-state index contributed by atoms with van der Waals surface area (Å²) >= 11 is 11.0. The Morgan fingerprint density at radius 2 is 1.89 bits per heavy atom. The van der Waals surface area contributed by atoms with E-state index in [0.29, 0.717) is 22.0 Å². The molecule has 0 unspecified atom stereocenters. The molecule has 0 bridgehead atoms. The predicted octanol–water partition coefficient (Wildman–Crippen LogP) is 4.17. The fourth-order valence-electron chi connectivity index (χ4n) is 1.64. The molecule has 0 fully saturated rings. The van der Waals surface area contributed by atoms with Crippen LogP contribution in [0.15, 0.2) is 36.4 Å². The highest BCUT2D eigenvalue weighted by Crippen LogP contribution is 2.28. The Morgan fingerprint density at radius 1 is 1.21 bits per heavy atom. The van der Waals surface area contributed by atoms with Crippen molar-refractivity contribution in [2.45, 2.75) is 6.92 Å². The summed E-state index contributed by atoms with van der Waals surface area (Å²) in [5.74, 6) is -0.325. The van der Waals surface area contributed by atoms with E-state index in [0.717, 1.165) is 5.56 Å². The van der Waals surface area contributed by atoms with E-state index in [-0.39, 0.29) is 10.8 Å². The van der Waals surface area contributed by atoms with Crippen molar-refractivity contribution >= 4 is 40.2 Å². The molecule has 98 valence electrons. The van der Waals surface area contributed by atoms with Crippen molar-refractivity contribution in [1.29, 1.82) is 0 Å². The Balaban J connectivity index is 2.31. The summed E-state index contributed by atoms with van der Waals surface area (Å²) in [6, 6.07) is 10.1. The first-order valence-electron chi connectivity index (χ1n) is 5.60. The van der Waals surface area contributed by atoms with Crippen molar-refractivity contribution in [3.8, 4) is 0 Å². The lowest BCUT2D eigenvalue weighted by Crippen LogP contribution is -2.09. The number of nitrogens with two attached hydrogens (primary N) is 1. The van der Waals surface area contributed by atoms with Crippen molar-refractivity contribution in [2.24, 2.45) is 5.73 Å². The lowest BCUT2D eigenvalue weighted by molar-refractivity contribution is 0.631. The predicted molar refractivity (Wildman–Crippen MR) is 81.8 cm³/mol. The molecule has 0 atom stereocenters. The van der Waals surface area contributed by atoms with E-state index in [1.165, 1.54) is 6.07 Å². The van der Waals surface area contributed by atoms with Gasteiger partial charge in [0.25, 0.3) is 0 Å². The van der Waals surface area contributed by atoms with Crippen molar-refractivity contribution < 1.29 is 4.39 Å². The van der Waals surface area contributed by atoms with E-state index in [9.17, 15) is 4.39 Å². The highest BCUT2D eigenvalue weighted by molar-refractivity contribution is 7.80. The van der Waals surface area contributed by atoms with Crippen LogP contribution in [0.2, 0.25) is 5.02 Å². The smallest absolute Gasteiger partial charge is 0.146 e. The largest absolute Gasteiger partial charge is 0.389 e. The van der Waals surface area contributed by atoms with Crippen LogP contribution >= 0.6 is 23.8 Å². The van der Waals surface area contributed by atoms with Gasteiger partial charge in [-0.3, -0.25) is 0 Å². The Morgan fingerprint density at radius 3 is 2.47 bits per heavy atom. The first-order chi connectivity index (χ1) is 8.97. The van der Waals surface area contributed by atoms with Crippen LogP contribution < -0.4 is 11.1 Å². The summed E-state index contributed by atoms with van der Waals surface area (Å²) in [5.41, 5.74) is 8.03. The van der Waals surface area contributed by atoms with Gasteiger partial charge < -0.3 is 11.1 Å². The molecule has 0 aliphatic rings. The molecule has 0 aliphatic carbocycles. The van der Waals surface area contributed by atoms with E-state index < -0.39 is 0 Å². The Hall–Kier alpha value is -1.65. The van der Waals surface area contributed by atoms with E-state index in [2.05, 4.69) is 5.32 Å². The lowest BCUT2D eigenvalue weighted by atomic mass is 10.2. The third-order valence-corrected chi connectivity index (χ3v) is 3.20. The molecule has 0 saturated heterocycles. The summed E-state index contributed by atoms with van der Waals surface area (Å²) < 4.78 is 13.7. The molecule has 5 heteroatoms. The molecule has 0 heterocycles. The SMILES string of the molecule is Cc1ccc(Nc2ccc(C(N)=S)cc2Cl)c(F)c1. The fourth-order valence-corrected chi connectivity index (χ4v) is 1.99. The topological polar surface area (TPSA) is 38.0 Å². The molecule has 0 aliphatic heterocycles. The van der Waals surface area contributed by atoms with Crippen molar-refractivity contribution in [3.05, 3.63) is 58.4 Å². The molecule has 2 rings (SSSR count). The Labute approximate surface area is 121 Å². The van der Waals surface area contributed by atoms with Crippen molar-refractivity contribution in [3.63, 3.8) is 0 Å². The monoisotopic (exact) mass is 294 g/mol. The summed E-state index contributed by atoms with van der Waals surface area (Å²) in [6.45, 7) is 1.83. The quantitative estimate of drug-likeness (QED) is 0.835. The van der Waals surface area contributed by atoms with Gasteiger partial charge >= 0.3 is 0 Å². The fraction of sp³-hybridized carbons (Fsp3) is 0.0714. The van der Waals surface area contributed by atoms with Crippen LogP contribution in [-0.4, -0.2) is 4.99 Å². The van der Waals surface area contributed by atoms with Gasteiger partial charge in [-0.05, 0) is 42.8 Å². The van der Waals surface area contributed by atoms with Gasteiger partial charge in [0.15, 0.2) is 0 Å². The highest BCUT2D eigenvalue weighted by Gasteiger charge is 2.07. The van der Waals surface area contributed by atoms with Gasteiger partial charge in [0, 0.05) is 5.56 Å². The van der Waals surface area contributed by atoms with Crippen LogP contribution in [0.1, 0.15) is 11.1 Å². The lowest BCUT2D eigenvalue weighted by Gasteiger charge is -2.11. The van der Waals surface area contributed by atoms with E-state index in [1.807, 2.05) is 13.0 Å². The van der Waals surface area contributed by atoms with E-state index in [4.69, 9.17) is 29.6 Å². The summed E-state index contributed by atoms with van der Waals surface area (Å²) in [5, 5.41) is 3.38. The van der Waals surface area contributed by atoms with Gasteiger partial charge in [-0.25, -0.2) is 4.39 Å². The minimum atomic E-state index is -0.325. The number of aryl methyl sites for hydroxylation is 1. The summed E-state index contributed by atoms with van der Waals surface area (Å²) in [6.07, 6.45) is 0. The number of hydrogen-bond acceptors (Lipinski definition) is 2. The number of rotatable bonds is 3. The average Bonchev–Trinajstić information content (AvgIpc) is 2.34. The van der Waals surface area contributed by atoms with Gasteiger partial charge in [-0.1, -0.05) is 29.9 Å². The van der Waals surface area contributed by atoms with Crippen LogP contribution in [0.4, 0.5) is 15.8 Å². The second-order valence-corrected chi connectivity index (χ2v) is 5.01. The minimum Gasteiger partial charge on any atom is -0.389 e. The minimum absolute atomic E-state index is 0.273. The number of thiocarbonyl (C=S) groups is 1. The molecule has 3 N–H and O–H groups in total. The van der Waals surface area contributed by atoms with Gasteiger partial charge in [0.1, 0.15) is 10.8 Å². The number of benzene rings is 2. The summed E-state index contributed by atoms with van der Waals surface area (Å²) in [4.78, 5) is 0.273. The maximum atomic E-state index is 13.7. The molecule has 2 aromatic rings. The Bertz CT molecular complexity index is 643. The third kappa shape index (κ3) is 3.22. The van der Waals surface area contributed by atoms with Crippen LogP contribution in [-0.2, 0) is 0 Å². The highest BCUT2D eigenvalue weighted by atomic mass is 35.5. The molecule has 2 nitrogen and oxygen atoms in total. The normalized spacial score (nSPS) is 10.3. The van der Waals surface area contributed by atoms with Crippen LogP contribution in [0.5, 0.6) is 0 Å². The number of halogens is 2. The second-order valence-electron chi connectivity index (χ2n) is 4.17. The second kappa shape index (κ2) is 5.55. The van der Waals surface area contributed by atoms with Crippen LogP contribution in [0.25, 0.3) is 0 Å². The number of nitrogens with one attached hydrogen (secondary N) is 1. The average molecular weight is 295 g/mol. The Kier molecular flexibility index (Phi) is 4.02. The van der Waals surface area contributed by atoms with Gasteiger partial charge in [-0.2, -0.15) is 0 Å². The van der Waals surface area contributed by atoms with Crippen LogP contribution in [0.3, 0.4) is 0 Å². The zero-order chi connectivity index (χ0) is 14.0. The van der Waals surface area contributed by atoms with Gasteiger partial charge in [-0.15, -0.1) is 0 Å². The molecule has 0 saturated carbocycles. The standard InChI is InChI=1S/C14H12ClFN2S/c1-8-2-4-13(11(16)6-8)18-12-5-3-9(14(17)19)7-10(12)15/h2-7,18H,1H3,(H2,17,19). The van der Waals surface area contributed by atoms with Gasteiger partial charge in [0.2, 0.25) is 0 Å². The molecular formula is C14H12ClFN2S. The third-order valence-electron chi connectivity index (χ3n) is 2.65. The maximum absolute atomic E-state index is 13.7. The number of anilines is 2. The number of hydrogen-bond donors (Lipinski definition) is 2. The molecule has 2 aromatic carbocycles. The van der Waals surface area contributed by atoms with Crippen LogP contribution in [0, 0.1) is 12.7 Å². The summed E-state index contributed by atoms with van der Waals surface area (Å²) in [7, 11) is 0. The first kappa shape index (κ1) is 13.8. The maximum Gasteiger partial charge on any atom is 0.146 e. The van der Waals surface area contributed by atoms with E-state index >= 15 is 0 Å². The van der Waals surface area contributed by atoms with Gasteiger partial charge in [0.05, 0.1) is 16.4 Å². The molecule has 0 spiro atoms.